The zero-order valence-corrected chi connectivity index (χ0v) is 13.3. The Balaban J connectivity index is 2.57. The molecule has 1 aromatic carbocycles. The molecular weight excluding hydrogens is 276 g/mol. The van der Waals surface area contributed by atoms with Gasteiger partial charge in [0.15, 0.2) is 5.82 Å². The maximum absolute atomic E-state index is 4.38. The lowest BCUT2D eigenvalue weighted by molar-refractivity contribution is 0.714. The summed E-state index contributed by atoms with van der Waals surface area (Å²) in [5.74, 6) is 0.788. The van der Waals surface area contributed by atoms with Crippen LogP contribution in [0.1, 0.15) is 31.9 Å². The Labute approximate surface area is 122 Å². The van der Waals surface area contributed by atoms with Crippen molar-refractivity contribution in [2.45, 2.75) is 31.9 Å². The maximum Gasteiger partial charge on any atom is 0.181 e. The van der Waals surface area contributed by atoms with E-state index in [0.29, 0.717) is 0 Å². The Morgan fingerprint density at radius 1 is 1.32 bits per heavy atom. The molecule has 0 radical (unpaired) electrons. The van der Waals surface area contributed by atoms with Crippen molar-refractivity contribution in [3.8, 4) is 11.4 Å². The molecule has 0 aliphatic heterocycles. The van der Waals surface area contributed by atoms with Crippen LogP contribution >= 0.6 is 22.5 Å². The van der Waals surface area contributed by atoms with Gasteiger partial charge in [-0.2, -0.15) is 0 Å². The minimum atomic E-state index is -0.0466. The van der Waals surface area contributed by atoms with Gasteiger partial charge in [-0.25, -0.2) is 4.68 Å². The molecule has 0 amide bonds. The molecule has 19 heavy (non-hydrogen) atoms. The van der Waals surface area contributed by atoms with Gasteiger partial charge in [0.2, 0.25) is 0 Å². The van der Waals surface area contributed by atoms with E-state index < -0.39 is 0 Å². The number of thiol groups is 1. The van der Waals surface area contributed by atoms with E-state index in [1.807, 2.05) is 7.05 Å². The van der Waals surface area contributed by atoms with E-state index in [-0.39, 0.29) is 4.75 Å². The van der Waals surface area contributed by atoms with Gasteiger partial charge >= 0.3 is 0 Å². The topological polar surface area (TPSA) is 43.6 Å². The second-order valence-corrected chi connectivity index (χ2v) is 6.75. The molecule has 0 atom stereocenters. The first kappa shape index (κ1) is 14.4. The van der Waals surface area contributed by atoms with E-state index in [0.717, 1.165) is 17.8 Å². The second kappa shape index (κ2) is 5.54. The maximum atomic E-state index is 4.38. The first-order chi connectivity index (χ1) is 8.97. The van der Waals surface area contributed by atoms with Crippen molar-refractivity contribution in [3.63, 3.8) is 0 Å². The highest BCUT2D eigenvalue weighted by Crippen LogP contribution is 2.39. The van der Waals surface area contributed by atoms with Crippen LogP contribution in [0.2, 0.25) is 0 Å². The average Bonchev–Trinajstić information content (AvgIpc) is 2.84. The van der Waals surface area contributed by atoms with Gasteiger partial charge in [0.1, 0.15) is 0 Å². The summed E-state index contributed by atoms with van der Waals surface area (Å²) >= 11 is 4.38. The molecule has 4 nitrogen and oxygen atoms in total. The highest BCUT2D eigenvalue weighted by molar-refractivity contribution is 8.68. The van der Waals surface area contributed by atoms with Crippen LogP contribution in [0.15, 0.2) is 18.2 Å². The van der Waals surface area contributed by atoms with Gasteiger partial charge < -0.3 is 0 Å². The third-order valence-corrected chi connectivity index (χ3v) is 5.26. The number of tetrazole rings is 1. The summed E-state index contributed by atoms with van der Waals surface area (Å²) in [4.78, 5) is 0. The Kier molecular flexibility index (Phi) is 4.20. The van der Waals surface area contributed by atoms with E-state index in [4.69, 9.17) is 0 Å². The molecule has 1 heterocycles. The number of aromatic nitrogens is 4. The van der Waals surface area contributed by atoms with E-state index in [1.54, 1.807) is 15.5 Å². The van der Waals surface area contributed by atoms with Gasteiger partial charge in [0.25, 0.3) is 0 Å². The molecule has 0 bridgehead atoms. The van der Waals surface area contributed by atoms with Crippen molar-refractivity contribution in [1.29, 1.82) is 0 Å². The summed E-state index contributed by atoms with van der Waals surface area (Å²) < 4.78 is 1.65. The van der Waals surface area contributed by atoms with Crippen molar-refractivity contribution >= 4 is 22.5 Å². The van der Waals surface area contributed by atoms with Crippen LogP contribution in [-0.2, 0) is 18.2 Å². The number of aryl methyl sites for hydroxylation is 2. The smallest absolute Gasteiger partial charge is 0.181 e. The second-order valence-electron chi connectivity index (χ2n) is 5.00. The molecule has 0 aliphatic rings. The summed E-state index contributed by atoms with van der Waals surface area (Å²) in [7, 11) is 3.40. The highest BCUT2D eigenvalue weighted by Gasteiger charge is 2.21. The molecule has 0 aliphatic carbocycles. The minimum Gasteiger partial charge on any atom is -0.229 e. The summed E-state index contributed by atoms with van der Waals surface area (Å²) in [6, 6.07) is 6.53. The van der Waals surface area contributed by atoms with E-state index in [9.17, 15) is 0 Å². The molecule has 102 valence electrons. The molecule has 0 fully saturated rings. The van der Waals surface area contributed by atoms with Gasteiger partial charge in [-0.3, -0.25) is 0 Å². The van der Waals surface area contributed by atoms with Crippen LogP contribution in [0.5, 0.6) is 0 Å². The fourth-order valence-electron chi connectivity index (χ4n) is 1.90. The first-order valence-corrected chi connectivity index (χ1v) is 8.04. The van der Waals surface area contributed by atoms with E-state index >= 15 is 0 Å². The van der Waals surface area contributed by atoms with Crippen molar-refractivity contribution in [1.82, 2.24) is 20.2 Å². The monoisotopic (exact) mass is 294 g/mol. The average molecular weight is 294 g/mol. The van der Waals surface area contributed by atoms with Crippen LogP contribution in [0.4, 0.5) is 0 Å². The minimum absolute atomic E-state index is 0.0466. The molecule has 2 rings (SSSR count). The molecule has 1 aromatic heterocycles. The van der Waals surface area contributed by atoms with Gasteiger partial charge in [0.05, 0.1) is 0 Å². The van der Waals surface area contributed by atoms with Gasteiger partial charge in [-0.1, -0.05) is 23.8 Å². The van der Waals surface area contributed by atoms with Crippen molar-refractivity contribution in [3.05, 3.63) is 29.3 Å². The molecule has 0 saturated heterocycles. The molecule has 0 unspecified atom stereocenters. The molecule has 0 N–H and O–H groups in total. The van der Waals surface area contributed by atoms with Gasteiger partial charge in [-0.05, 0) is 54.0 Å². The fraction of sp³-hybridized carbons (Fsp3) is 0.462. The third kappa shape index (κ3) is 2.95. The Hall–Kier alpha value is -1.01. The van der Waals surface area contributed by atoms with Crippen molar-refractivity contribution in [2.24, 2.45) is 7.05 Å². The molecule has 2 aromatic rings. The van der Waals surface area contributed by atoms with Crippen LogP contribution in [0, 0.1) is 0 Å². The normalized spacial score (nSPS) is 11.8. The SMILES string of the molecule is CCc1cc(-c2nnnn2C)cc(C(C)(C)SS)c1. The Morgan fingerprint density at radius 2 is 2.05 bits per heavy atom. The summed E-state index contributed by atoms with van der Waals surface area (Å²) in [5, 5.41) is 11.7. The molecule has 0 saturated carbocycles. The number of rotatable bonds is 4. The number of hydrogen-bond acceptors (Lipinski definition) is 5. The third-order valence-electron chi connectivity index (χ3n) is 3.20. The van der Waals surface area contributed by atoms with Gasteiger partial charge in [-0.15, -0.1) is 16.8 Å². The lowest BCUT2D eigenvalue weighted by atomic mass is 9.96. The zero-order valence-electron chi connectivity index (χ0n) is 11.6. The Bertz CT molecular complexity index is 578. The molecular formula is C13H18N4S2. The largest absolute Gasteiger partial charge is 0.229 e. The molecule has 6 heteroatoms. The number of hydrogen-bond donors (Lipinski definition) is 1. The summed E-state index contributed by atoms with van der Waals surface area (Å²) in [6.45, 7) is 6.48. The van der Waals surface area contributed by atoms with Crippen LogP contribution in [0.25, 0.3) is 11.4 Å². The van der Waals surface area contributed by atoms with Crippen molar-refractivity contribution < 1.29 is 0 Å². The quantitative estimate of drug-likeness (QED) is 0.694. The lowest BCUT2D eigenvalue weighted by Gasteiger charge is -2.23. The zero-order chi connectivity index (χ0) is 14.0. The van der Waals surface area contributed by atoms with E-state index in [2.05, 4.69) is 66.2 Å². The number of nitrogens with zero attached hydrogens (tertiary/aromatic N) is 4. The molecule has 0 spiro atoms. The highest BCUT2D eigenvalue weighted by atomic mass is 33.1. The fourth-order valence-corrected chi connectivity index (χ4v) is 2.44. The first-order valence-electron chi connectivity index (χ1n) is 6.17. The lowest BCUT2D eigenvalue weighted by Crippen LogP contribution is -2.11. The predicted molar refractivity (Wildman–Crippen MR) is 83.2 cm³/mol. The summed E-state index contributed by atoms with van der Waals surface area (Å²) in [5.41, 5.74) is 3.58. The van der Waals surface area contributed by atoms with Gasteiger partial charge in [0, 0.05) is 17.4 Å². The number of benzene rings is 1. The van der Waals surface area contributed by atoms with E-state index in [1.165, 1.54) is 11.1 Å². The van der Waals surface area contributed by atoms with Crippen LogP contribution < -0.4 is 0 Å². The Morgan fingerprint density at radius 3 is 2.58 bits per heavy atom. The predicted octanol–water partition coefficient (Wildman–Crippen LogP) is 3.25. The standard InChI is InChI=1S/C13H18N4S2/c1-5-9-6-10(12-14-15-16-17(12)4)8-11(7-9)13(2,3)19-18/h6-8,18H,5H2,1-4H3. The van der Waals surface area contributed by atoms with Crippen LogP contribution in [0.3, 0.4) is 0 Å². The van der Waals surface area contributed by atoms with Crippen molar-refractivity contribution in [2.75, 3.05) is 0 Å². The summed E-state index contributed by atoms with van der Waals surface area (Å²) in [6.07, 6.45) is 0.986. The van der Waals surface area contributed by atoms with Crippen LogP contribution in [-0.4, -0.2) is 20.2 Å².